The number of nitrogens with zero attached hydrogens (tertiary/aromatic N) is 2. The molecule has 0 aromatic carbocycles. The Hall–Kier alpha value is -1.04. The number of aromatic nitrogens is 2. The van der Waals surface area contributed by atoms with Gasteiger partial charge in [-0.15, -0.1) is 0 Å². The summed E-state index contributed by atoms with van der Waals surface area (Å²) in [7, 11) is 1.72. The van der Waals surface area contributed by atoms with Crippen molar-refractivity contribution in [2.75, 3.05) is 6.61 Å². The van der Waals surface area contributed by atoms with E-state index in [2.05, 4.69) is 9.84 Å². The van der Waals surface area contributed by atoms with Crippen molar-refractivity contribution in [3.8, 4) is 0 Å². The van der Waals surface area contributed by atoms with Gasteiger partial charge in [-0.05, 0) is 6.92 Å². The average molecular weight is 218 g/mol. The van der Waals surface area contributed by atoms with Gasteiger partial charge in [-0.2, -0.15) is 5.10 Å². The van der Waals surface area contributed by atoms with Crippen LogP contribution in [0.2, 0.25) is 0 Å². The molecule has 0 saturated heterocycles. The van der Waals surface area contributed by atoms with Gasteiger partial charge in [-0.3, -0.25) is 4.68 Å². The minimum Gasteiger partial charge on any atom is -0.463 e. The number of alkyl halides is 1. The number of rotatable bonds is 4. The summed E-state index contributed by atoms with van der Waals surface area (Å²) in [4.78, 5) is 11.5. The lowest BCUT2D eigenvalue weighted by Crippen LogP contribution is -2.15. The first-order valence-electron chi connectivity index (χ1n) is 4.09. The van der Waals surface area contributed by atoms with E-state index in [-0.39, 0.29) is 6.61 Å². The van der Waals surface area contributed by atoms with Gasteiger partial charge in [0, 0.05) is 18.1 Å². The number of halogens is 1. The Morgan fingerprint density at radius 3 is 3.07 bits per heavy atom. The minimum absolute atomic E-state index is 0.187. The highest BCUT2D eigenvalue weighted by atomic mass is 32.2. The summed E-state index contributed by atoms with van der Waals surface area (Å²) in [6.07, 6.45) is 3.13. The van der Waals surface area contributed by atoms with Crippen LogP contribution in [-0.2, 0) is 16.6 Å². The van der Waals surface area contributed by atoms with E-state index in [1.165, 1.54) is 6.20 Å². The molecule has 14 heavy (non-hydrogen) atoms. The summed E-state index contributed by atoms with van der Waals surface area (Å²) < 4.78 is 19.2. The van der Waals surface area contributed by atoms with E-state index in [4.69, 9.17) is 0 Å². The molecule has 0 N–H and O–H groups in total. The summed E-state index contributed by atoms with van der Waals surface area (Å²) in [5.41, 5.74) is -1.68. The molecule has 6 heteroatoms. The van der Waals surface area contributed by atoms with E-state index in [1.807, 2.05) is 0 Å². The maximum absolute atomic E-state index is 13.1. The first kappa shape index (κ1) is 11.0. The van der Waals surface area contributed by atoms with Crippen LogP contribution in [0.1, 0.15) is 6.92 Å². The maximum Gasteiger partial charge on any atom is 0.351 e. The molecule has 1 unspecified atom stereocenters. The van der Waals surface area contributed by atoms with Gasteiger partial charge < -0.3 is 4.74 Å². The van der Waals surface area contributed by atoms with E-state index in [0.717, 1.165) is 11.8 Å². The first-order chi connectivity index (χ1) is 6.63. The second-order valence-electron chi connectivity index (χ2n) is 2.54. The SMILES string of the molecule is CCOC(=O)C(F)Sc1cnn(C)c1. The lowest BCUT2D eigenvalue weighted by molar-refractivity contribution is -0.145. The van der Waals surface area contributed by atoms with Crippen LogP contribution in [0.15, 0.2) is 17.3 Å². The molecule has 0 aliphatic heterocycles. The van der Waals surface area contributed by atoms with Crippen molar-refractivity contribution in [1.29, 1.82) is 0 Å². The summed E-state index contributed by atoms with van der Waals surface area (Å²) in [5, 5.41) is 3.85. The summed E-state index contributed by atoms with van der Waals surface area (Å²) in [5.74, 6) is -0.846. The summed E-state index contributed by atoms with van der Waals surface area (Å²) >= 11 is 0.788. The molecule has 78 valence electrons. The molecule has 1 aromatic heterocycles. The number of thioether (sulfide) groups is 1. The van der Waals surface area contributed by atoms with Crippen LogP contribution in [0, 0.1) is 0 Å². The molecule has 0 bridgehead atoms. The van der Waals surface area contributed by atoms with Crippen molar-refractivity contribution >= 4 is 17.7 Å². The van der Waals surface area contributed by atoms with Gasteiger partial charge in [0.05, 0.1) is 12.8 Å². The zero-order valence-corrected chi connectivity index (χ0v) is 8.75. The predicted molar refractivity (Wildman–Crippen MR) is 50.6 cm³/mol. The molecular weight excluding hydrogens is 207 g/mol. The second kappa shape index (κ2) is 4.99. The number of hydrogen-bond acceptors (Lipinski definition) is 4. The third kappa shape index (κ3) is 3.02. The highest BCUT2D eigenvalue weighted by molar-refractivity contribution is 8.00. The zero-order chi connectivity index (χ0) is 10.6. The van der Waals surface area contributed by atoms with Crippen LogP contribution in [0.25, 0.3) is 0 Å². The Morgan fingerprint density at radius 2 is 2.57 bits per heavy atom. The van der Waals surface area contributed by atoms with Crippen LogP contribution >= 0.6 is 11.8 Å². The Kier molecular flexibility index (Phi) is 3.94. The molecule has 0 aliphatic carbocycles. The maximum atomic E-state index is 13.1. The fraction of sp³-hybridized carbons (Fsp3) is 0.500. The van der Waals surface area contributed by atoms with Gasteiger partial charge >= 0.3 is 5.97 Å². The molecule has 1 heterocycles. The number of esters is 1. The van der Waals surface area contributed by atoms with Crippen molar-refractivity contribution in [1.82, 2.24) is 9.78 Å². The monoisotopic (exact) mass is 218 g/mol. The van der Waals surface area contributed by atoms with Crippen LogP contribution < -0.4 is 0 Å². The Labute approximate surface area is 85.4 Å². The summed E-state index contributed by atoms with van der Waals surface area (Å²) in [6, 6.07) is 0. The predicted octanol–water partition coefficient (Wildman–Crippen LogP) is 1.37. The van der Waals surface area contributed by atoms with E-state index in [1.54, 1.807) is 24.9 Å². The quantitative estimate of drug-likeness (QED) is 0.565. The van der Waals surface area contributed by atoms with Crippen molar-refractivity contribution in [3.63, 3.8) is 0 Å². The van der Waals surface area contributed by atoms with Gasteiger partial charge in [0.25, 0.3) is 0 Å². The standard InChI is InChI=1S/C8H11FN2O2S/c1-3-13-8(12)7(9)14-6-4-10-11(2)5-6/h4-5,7H,3H2,1-2H3. The van der Waals surface area contributed by atoms with Crippen LogP contribution in [0.3, 0.4) is 0 Å². The third-order valence-electron chi connectivity index (χ3n) is 1.39. The Morgan fingerprint density at radius 1 is 1.86 bits per heavy atom. The fourth-order valence-electron chi connectivity index (χ4n) is 0.835. The topological polar surface area (TPSA) is 44.1 Å². The molecule has 0 radical (unpaired) electrons. The molecule has 1 rings (SSSR count). The van der Waals surface area contributed by atoms with Crippen molar-refractivity contribution in [2.45, 2.75) is 17.3 Å². The van der Waals surface area contributed by atoms with Gasteiger partial charge in [0.1, 0.15) is 0 Å². The smallest absolute Gasteiger partial charge is 0.351 e. The first-order valence-corrected chi connectivity index (χ1v) is 4.97. The molecule has 0 saturated carbocycles. The molecule has 0 spiro atoms. The number of carbonyl (C=O) groups excluding carboxylic acids is 1. The van der Waals surface area contributed by atoms with E-state index >= 15 is 0 Å². The lowest BCUT2D eigenvalue weighted by Gasteiger charge is -2.04. The number of ether oxygens (including phenoxy) is 1. The van der Waals surface area contributed by atoms with Crippen molar-refractivity contribution in [2.24, 2.45) is 7.05 Å². The third-order valence-corrected chi connectivity index (χ3v) is 2.28. The van der Waals surface area contributed by atoms with Crippen LogP contribution in [-0.4, -0.2) is 27.9 Å². The van der Waals surface area contributed by atoms with E-state index in [9.17, 15) is 9.18 Å². The zero-order valence-electron chi connectivity index (χ0n) is 7.94. The fourth-order valence-corrected chi connectivity index (χ4v) is 1.56. The van der Waals surface area contributed by atoms with Crippen molar-refractivity contribution in [3.05, 3.63) is 12.4 Å². The Balaban J connectivity index is 2.48. The van der Waals surface area contributed by atoms with E-state index in [0.29, 0.717) is 4.90 Å². The minimum atomic E-state index is -1.68. The van der Waals surface area contributed by atoms with Crippen molar-refractivity contribution < 1.29 is 13.9 Å². The molecule has 1 aromatic rings. The number of hydrogen-bond donors (Lipinski definition) is 0. The second-order valence-corrected chi connectivity index (χ2v) is 3.66. The molecule has 1 atom stereocenters. The number of carbonyl (C=O) groups is 1. The average Bonchev–Trinajstić information content (AvgIpc) is 2.51. The largest absolute Gasteiger partial charge is 0.463 e. The lowest BCUT2D eigenvalue weighted by atomic mass is 10.7. The molecule has 0 fully saturated rings. The highest BCUT2D eigenvalue weighted by Gasteiger charge is 2.20. The molecule has 0 amide bonds. The van der Waals surface area contributed by atoms with Gasteiger partial charge in [0.2, 0.25) is 5.50 Å². The molecule has 0 aliphatic rings. The normalized spacial score (nSPS) is 12.5. The number of aryl methyl sites for hydroxylation is 1. The van der Waals surface area contributed by atoms with Crippen LogP contribution in [0.5, 0.6) is 0 Å². The molecular formula is C8H11FN2O2S. The van der Waals surface area contributed by atoms with Gasteiger partial charge in [-0.1, -0.05) is 11.8 Å². The summed E-state index contributed by atoms with van der Waals surface area (Å²) in [6.45, 7) is 1.83. The Bertz CT molecular complexity index is 316. The van der Waals surface area contributed by atoms with Gasteiger partial charge in [0.15, 0.2) is 0 Å². The van der Waals surface area contributed by atoms with Gasteiger partial charge in [-0.25, -0.2) is 9.18 Å². The van der Waals surface area contributed by atoms with E-state index < -0.39 is 11.5 Å². The van der Waals surface area contributed by atoms with Crippen LogP contribution in [0.4, 0.5) is 4.39 Å². The highest BCUT2D eigenvalue weighted by Crippen LogP contribution is 2.24. The molecule has 4 nitrogen and oxygen atoms in total.